The molecule has 0 aliphatic heterocycles. The molecule has 2 N–H and O–H groups in total. The van der Waals surface area contributed by atoms with Gasteiger partial charge in [-0.2, -0.15) is 0 Å². The van der Waals surface area contributed by atoms with Gasteiger partial charge in [0.15, 0.2) is 0 Å². The summed E-state index contributed by atoms with van der Waals surface area (Å²) in [6, 6.07) is 14.4. The largest absolute Gasteiger partial charge is 0.465 e. The minimum atomic E-state index is -0.412. The molecule has 0 fully saturated rings. The molecule has 0 bridgehead atoms. The molecular formula is C18H19ClN2O3. The van der Waals surface area contributed by atoms with Crippen LogP contribution >= 0.6 is 11.6 Å². The first-order chi connectivity index (χ1) is 11.6. The Morgan fingerprint density at radius 3 is 2.67 bits per heavy atom. The summed E-state index contributed by atoms with van der Waals surface area (Å²) in [5, 5.41) is 6.50. The molecule has 0 spiro atoms. The van der Waals surface area contributed by atoms with Gasteiger partial charge in [-0.1, -0.05) is 29.8 Å². The number of carbonyl (C=O) groups is 2. The normalized spacial score (nSPS) is 10.1. The highest BCUT2D eigenvalue weighted by molar-refractivity contribution is 6.30. The van der Waals surface area contributed by atoms with Crippen LogP contribution in [0.25, 0.3) is 0 Å². The number of methoxy groups -OCH3 is 1. The van der Waals surface area contributed by atoms with Gasteiger partial charge < -0.3 is 15.4 Å². The molecule has 2 aromatic carbocycles. The highest BCUT2D eigenvalue weighted by Crippen LogP contribution is 2.12. The highest BCUT2D eigenvalue weighted by atomic mass is 35.5. The van der Waals surface area contributed by atoms with Crippen LogP contribution in [0.2, 0.25) is 5.02 Å². The van der Waals surface area contributed by atoms with Crippen LogP contribution in [-0.2, 0) is 16.0 Å². The SMILES string of the molecule is COC(=O)c1cccc(NCC(=O)NCCc2cccc(Cl)c2)c1. The summed E-state index contributed by atoms with van der Waals surface area (Å²) in [6.45, 7) is 0.656. The van der Waals surface area contributed by atoms with Gasteiger partial charge >= 0.3 is 5.97 Å². The van der Waals surface area contributed by atoms with E-state index >= 15 is 0 Å². The van der Waals surface area contributed by atoms with Crippen molar-refractivity contribution < 1.29 is 14.3 Å². The monoisotopic (exact) mass is 346 g/mol. The molecule has 0 heterocycles. The van der Waals surface area contributed by atoms with Gasteiger partial charge in [-0.25, -0.2) is 4.79 Å². The molecule has 0 saturated carbocycles. The lowest BCUT2D eigenvalue weighted by Gasteiger charge is -2.09. The van der Waals surface area contributed by atoms with Crippen molar-refractivity contribution in [3.8, 4) is 0 Å². The number of halogens is 1. The predicted octanol–water partition coefficient (Wildman–Crippen LogP) is 2.90. The van der Waals surface area contributed by atoms with Crippen molar-refractivity contribution in [2.75, 3.05) is 25.5 Å². The third-order valence-electron chi connectivity index (χ3n) is 3.36. The number of esters is 1. The molecule has 0 saturated heterocycles. The number of benzene rings is 2. The number of rotatable bonds is 7. The average Bonchev–Trinajstić information content (AvgIpc) is 2.59. The lowest BCUT2D eigenvalue weighted by molar-refractivity contribution is -0.119. The van der Waals surface area contributed by atoms with E-state index in [0.717, 1.165) is 5.56 Å². The molecule has 2 rings (SSSR count). The van der Waals surface area contributed by atoms with Crippen molar-refractivity contribution in [3.05, 3.63) is 64.7 Å². The molecule has 0 radical (unpaired) electrons. The van der Waals surface area contributed by atoms with Crippen LogP contribution in [0.4, 0.5) is 5.69 Å². The van der Waals surface area contributed by atoms with Gasteiger partial charge in [0.25, 0.3) is 0 Å². The van der Waals surface area contributed by atoms with E-state index in [9.17, 15) is 9.59 Å². The molecule has 5 nitrogen and oxygen atoms in total. The summed E-state index contributed by atoms with van der Waals surface area (Å²) in [5.74, 6) is -0.537. The van der Waals surface area contributed by atoms with Crippen LogP contribution in [0.3, 0.4) is 0 Å². The molecule has 0 aromatic heterocycles. The number of anilines is 1. The second kappa shape index (κ2) is 8.93. The van der Waals surface area contributed by atoms with E-state index < -0.39 is 5.97 Å². The van der Waals surface area contributed by atoms with Crippen molar-refractivity contribution in [1.82, 2.24) is 5.32 Å². The summed E-state index contributed by atoms with van der Waals surface area (Å²) >= 11 is 5.92. The summed E-state index contributed by atoms with van der Waals surface area (Å²) in [4.78, 5) is 23.3. The maximum absolute atomic E-state index is 11.9. The minimum Gasteiger partial charge on any atom is -0.465 e. The molecule has 2 aromatic rings. The van der Waals surface area contributed by atoms with E-state index in [2.05, 4.69) is 15.4 Å². The number of nitrogens with one attached hydrogen (secondary N) is 2. The van der Waals surface area contributed by atoms with E-state index in [-0.39, 0.29) is 12.5 Å². The predicted molar refractivity (Wildman–Crippen MR) is 94.4 cm³/mol. The molecular weight excluding hydrogens is 328 g/mol. The summed E-state index contributed by atoms with van der Waals surface area (Å²) in [5.41, 5.74) is 2.19. The zero-order valence-corrected chi connectivity index (χ0v) is 14.1. The Labute approximate surface area is 146 Å². The minimum absolute atomic E-state index is 0.125. The van der Waals surface area contributed by atoms with E-state index in [1.54, 1.807) is 24.3 Å². The summed E-state index contributed by atoms with van der Waals surface area (Å²) in [6.07, 6.45) is 0.712. The van der Waals surface area contributed by atoms with Gasteiger partial charge in [-0.05, 0) is 42.3 Å². The molecule has 24 heavy (non-hydrogen) atoms. The zero-order valence-electron chi connectivity index (χ0n) is 13.3. The maximum atomic E-state index is 11.9. The number of hydrogen-bond acceptors (Lipinski definition) is 4. The van der Waals surface area contributed by atoms with E-state index in [4.69, 9.17) is 11.6 Å². The molecule has 0 unspecified atom stereocenters. The van der Waals surface area contributed by atoms with Crippen LogP contribution in [0.15, 0.2) is 48.5 Å². The van der Waals surface area contributed by atoms with E-state index in [1.165, 1.54) is 7.11 Å². The van der Waals surface area contributed by atoms with Crippen LogP contribution in [0.5, 0.6) is 0 Å². The average molecular weight is 347 g/mol. The van der Waals surface area contributed by atoms with Gasteiger partial charge in [0.1, 0.15) is 0 Å². The topological polar surface area (TPSA) is 67.4 Å². The van der Waals surface area contributed by atoms with Gasteiger partial charge in [0.2, 0.25) is 5.91 Å². The summed E-state index contributed by atoms with van der Waals surface area (Å²) < 4.78 is 4.66. The third-order valence-corrected chi connectivity index (χ3v) is 3.60. The number of ether oxygens (including phenoxy) is 1. The Balaban J connectivity index is 1.76. The van der Waals surface area contributed by atoms with E-state index in [1.807, 2.05) is 24.3 Å². The van der Waals surface area contributed by atoms with Crippen molar-refractivity contribution in [3.63, 3.8) is 0 Å². The molecule has 1 amide bonds. The highest BCUT2D eigenvalue weighted by Gasteiger charge is 2.06. The first-order valence-electron chi connectivity index (χ1n) is 7.52. The van der Waals surface area contributed by atoms with Gasteiger partial charge in [-0.3, -0.25) is 4.79 Å². The lowest BCUT2D eigenvalue weighted by atomic mass is 10.1. The van der Waals surface area contributed by atoms with Crippen LogP contribution in [0.1, 0.15) is 15.9 Å². The fourth-order valence-corrected chi connectivity index (χ4v) is 2.37. The summed E-state index contributed by atoms with van der Waals surface area (Å²) in [7, 11) is 1.33. The quantitative estimate of drug-likeness (QED) is 0.756. The Hall–Kier alpha value is -2.53. The number of amides is 1. The number of hydrogen-bond donors (Lipinski definition) is 2. The van der Waals surface area contributed by atoms with Crippen molar-refractivity contribution in [2.24, 2.45) is 0 Å². The fourth-order valence-electron chi connectivity index (χ4n) is 2.16. The lowest BCUT2D eigenvalue weighted by Crippen LogP contribution is -2.31. The Morgan fingerprint density at radius 2 is 1.92 bits per heavy atom. The Bertz CT molecular complexity index is 719. The number of carbonyl (C=O) groups excluding carboxylic acids is 2. The van der Waals surface area contributed by atoms with E-state index in [0.29, 0.717) is 29.2 Å². The molecule has 0 atom stereocenters. The Morgan fingerprint density at radius 1 is 1.12 bits per heavy atom. The van der Waals surface area contributed by atoms with Crippen LogP contribution < -0.4 is 10.6 Å². The fraction of sp³-hybridized carbons (Fsp3) is 0.222. The standard InChI is InChI=1S/C18H19ClN2O3/c1-24-18(23)14-5-3-7-16(11-14)21-12-17(22)20-9-8-13-4-2-6-15(19)10-13/h2-7,10-11,21H,8-9,12H2,1H3,(H,20,22). The maximum Gasteiger partial charge on any atom is 0.337 e. The van der Waals surface area contributed by atoms with Crippen molar-refractivity contribution in [2.45, 2.75) is 6.42 Å². The second-order valence-corrected chi connectivity index (χ2v) is 5.59. The van der Waals surface area contributed by atoms with Gasteiger partial charge in [-0.15, -0.1) is 0 Å². The van der Waals surface area contributed by atoms with Crippen molar-refractivity contribution >= 4 is 29.2 Å². The molecule has 6 heteroatoms. The molecule has 126 valence electrons. The van der Waals surface area contributed by atoms with Gasteiger partial charge in [0.05, 0.1) is 19.2 Å². The van der Waals surface area contributed by atoms with Crippen LogP contribution in [-0.4, -0.2) is 32.1 Å². The zero-order chi connectivity index (χ0) is 17.4. The smallest absolute Gasteiger partial charge is 0.337 e. The first kappa shape index (κ1) is 17.8. The Kier molecular flexibility index (Phi) is 6.63. The second-order valence-electron chi connectivity index (χ2n) is 5.16. The van der Waals surface area contributed by atoms with Crippen LogP contribution in [0, 0.1) is 0 Å². The molecule has 0 aliphatic carbocycles. The van der Waals surface area contributed by atoms with Crippen molar-refractivity contribution in [1.29, 1.82) is 0 Å². The third kappa shape index (κ3) is 5.59. The molecule has 0 aliphatic rings. The van der Waals surface area contributed by atoms with Gasteiger partial charge in [0, 0.05) is 17.3 Å². The first-order valence-corrected chi connectivity index (χ1v) is 7.89.